The molecule has 0 radical (unpaired) electrons. The van der Waals surface area contributed by atoms with E-state index in [1.165, 1.54) is 19.3 Å². The fourth-order valence-corrected chi connectivity index (χ4v) is 3.18. The lowest BCUT2D eigenvalue weighted by Gasteiger charge is -2.37. The lowest BCUT2D eigenvalue weighted by Crippen LogP contribution is -2.45. The van der Waals surface area contributed by atoms with E-state index in [2.05, 4.69) is 11.8 Å². The van der Waals surface area contributed by atoms with E-state index >= 15 is 0 Å². The van der Waals surface area contributed by atoms with E-state index in [-0.39, 0.29) is 5.92 Å². The van der Waals surface area contributed by atoms with Gasteiger partial charge in [0.1, 0.15) is 0 Å². The first-order valence-electron chi connectivity index (χ1n) is 6.15. The second kappa shape index (κ2) is 4.52. The summed E-state index contributed by atoms with van der Waals surface area (Å²) in [5, 5.41) is 9.04. The van der Waals surface area contributed by atoms with Gasteiger partial charge in [-0.3, -0.25) is 9.69 Å². The predicted octanol–water partition coefficient (Wildman–Crippen LogP) is 1.97. The Balaban J connectivity index is 1.94. The van der Waals surface area contributed by atoms with Gasteiger partial charge in [-0.1, -0.05) is 13.3 Å². The fraction of sp³-hybridized carbons (Fsp3) is 0.917. The van der Waals surface area contributed by atoms with Crippen LogP contribution in [0.15, 0.2) is 0 Å². The van der Waals surface area contributed by atoms with Crippen LogP contribution in [0, 0.1) is 11.8 Å². The average molecular weight is 211 g/mol. The second-order valence-electron chi connectivity index (χ2n) is 5.15. The third kappa shape index (κ3) is 2.33. The van der Waals surface area contributed by atoms with Gasteiger partial charge in [-0.25, -0.2) is 0 Å². The normalized spacial score (nSPS) is 38.1. The van der Waals surface area contributed by atoms with Crippen LogP contribution >= 0.6 is 0 Å². The number of aliphatic carboxylic acids is 1. The summed E-state index contributed by atoms with van der Waals surface area (Å²) in [5.41, 5.74) is 0. The molecule has 1 N–H and O–H groups in total. The summed E-state index contributed by atoms with van der Waals surface area (Å²) in [4.78, 5) is 13.4. The lowest BCUT2D eigenvalue weighted by atomic mass is 9.94. The lowest BCUT2D eigenvalue weighted by molar-refractivity contribution is -0.144. The number of hydrogen-bond donors (Lipinski definition) is 1. The zero-order chi connectivity index (χ0) is 10.8. The number of nitrogens with zero attached hydrogens (tertiary/aromatic N) is 1. The van der Waals surface area contributed by atoms with E-state index in [1.807, 2.05) is 0 Å². The number of likely N-dealkylation sites (tertiary alicyclic amines) is 1. The summed E-state index contributed by atoms with van der Waals surface area (Å²) in [6.45, 7) is 4.20. The van der Waals surface area contributed by atoms with Crippen molar-refractivity contribution in [2.24, 2.45) is 11.8 Å². The summed E-state index contributed by atoms with van der Waals surface area (Å²) in [6, 6.07) is 0.659. The topological polar surface area (TPSA) is 40.5 Å². The zero-order valence-electron chi connectivity index (χ0n) is 9.48. The van der Waals surface area contributed by atoms with Gasteiger partial charge < -0.3 is 5.11 Å². The third-order valence-corrected chi connectivity index (χ3v) is 4.09. The van der Waals surface area contributed by atoms with E-state index < -0.39 is 5.97 Å². The van der Waals surface area contributed by atoms with Crippen LogP contribution in [-0.2, 0) is 4.79 Å². The van der Waals surface area contributed by atoms with Crippen molar-refractivity contribution in [3.05, 3.63) is 0 Å². The van der Waals surface area contributed by atoms with Gasteiger partial charge in [-0.05, 0) is 38.1 Å². The second-order valence-corrected chi connectivity index (χ2v) is 5.15. The Bertz CT molecular complexity index is 242. The number of rotatable bonds is 2. The number of piperidine rings is 1. The summed E-state index contributed by atoms with van der Waals surface area (Å²) >= 11 is 0. The molecule has 1 saturated heterocycles. The quantitative estimate of drug-likeness (QED) is 0.759. The van der Waals surface area contributed by atoms with Crippen molar-refractivity contribution in [3.8, 4) is 0 Å². The average Bonchev–Trinajstić information content (AvgIpc) is 2.64. The Labute approximate surface area is 91.5 Å². The minimum atomic E-state index is -0.606. The van der Waals surface area contributed by atoms with E-state index in [4.69, 9.17) is 5.11 Å². The maximum atomic E-state index is 11.0. The van der Waals surface area contributed by atoms with Crippen molar-refractivity contribution in [2.75, 3.05) is 13.1 Å². The molecule has 2 aliphatic rings. The molecule has 0 spiro atoms. The molecule has 0 aromatic heterocycles. The van der Waals surface area contributed by atoms with Crippen LogP contribution in [0.4, 0.5) is 0 Å². The highest BCUT2D eigenvalue weighted by molar-refractivity contribution is 5.70. The minimum Gasteiger partial charge on any atom is -0.481 e. The van der Waals surface area contributed by atoms with Gasteiger partial charge in [0.2, 0.25) is 0 Å². The van der Waals surface area contributed by atoms with Crippen LogP contribution in [0.1, 0.15) is 39.0 Å². The molecular formula is C12H21NO2. The molecule has 3 heteroatoms. The molecule has 2 rings (SSSR count). The Hall–Kier alpha value is -0.570. The molecule has 2 fully saturated rings. The van der Waals surface area contributed by atoms with Crippen LogP contribution in [-0.4, -0.2) is 35.1 Å². The first-order chi connectivity index (χ1) is 7.18. The third-order valence-electron chi connectivity index (χ3n) is 4.09. The van der Waals surface area contributed by atoms with Gasteiger partial charge in [0.25, 0.3) is 0 Å². The molecule has 1 aliphatic heterocycles. The van der Waals surface area contributed by atoms with Gasteiger partial charge >= 0.3 is 5.97 Å². The Morgan fingerprint density at radius 3 is 2.67 bits per heavy atom. The van der Waals surface area contributed by atoms with E-state index in [0.717, 1.165) is 31.8 Å². The molecule has 3 atom stereocenters. The molecule has 1 aliphatic carbocycles. The maximum absolute atomic E-state index is 11.0. The molecular weight excluding hydrogens is 190 g/mol. The van der Waals surface area contributed by atoms with Crippen LogP contribution in [0.25, 0.3) is 0 Å². The van der Waals surface area contributed by atoms with Gasteiger partial charge in [0.05, 0.1) is 5.92 Å². The van der Waals surface area contributed by atoms with Gasteiger partial charge in [0, 0.05) is 12.6 Å². The summed E-state index contributed by atoms with van der Waals surface area (Å²) in [5.74, 6) is 0.0365. The highest BCUT2D eigenvalue weighted by atomic mass is 16.4. The van der Waals surface area contributed by atoms with Gasteiger partial charge in [-0.15, -0.1) is 0 Å². The minimum absolute atomic E-state index is 0.119. The summed E-state index contributed by atoms with van der Waals surface area (Å²) in [6.07, 6.45) is 5.83. The van der Waals surface area contributed by atoms with E-state index in [0.29, 0.717) is 6.04 Å². The first-order valence-corrected chi connectivity index (χ1v) is 6.15. The largest absolute Gasteiger partial charge is 0.481 e. The monoisotopic (exact) mass is 211 g/mol. The van der Waals surface area contributed by atoms with Crippen LogP contribution in [0.3, 0.4) is 0 Å². The standard InChI is InChI=1S/C12H21NO2/c1-9-4-2-6-11(9)13-7-3-5-10(8-13)12(14)15/h9-11H,2-8H2,1H3,(H,14,15)/t9-,10?,11-/m1/s1. The fourth-order valence-electron chi connectivity index (χ4n) is 3.18. The molecule has 0 aromatic carbocycles. The molecule has 0 bridgehead atoms. The molecule has 0 aromatic rings. The molecule has 15 heavy (non-hydrogen) atoms. The van der Waals surface area contributed by atoms with Crippen molar-refractivity contribution < 1.29 is 9.90 Å². The maximum Gasteiger partial charge on any atom is 0.307 e. The number of carbonyl (C=O) groups is 1. The molecule has 3 nitrogen and oxygen atoms in total. The molecule has 1 unspecified atom stereocenters. The zero-order valence-corrected chi connectivity index (χ0v) is 9.48. The van der Waals surface area contributed by atoms with E-state index in [1.54, 1.807) is 0 Å². The number of carboxylic acid groups (broad SMARTS) is 1. The van der Waals surface area contributed by atoms with Crippen molar-refractivity contribution in [1.29, 1.82) is 0 Å². The van der Waals surface area contributed by atoms with Crippen molar-refractivity contribution in [3.63, 3.8) is 0 Å². The van der Waals surface area contributed by atoms with Crippen molar-refractivity contribution in [1.82, 2.24) is 4.90 Å². The number of hydrogen-bond acceptors (Lipinski definition) is 2. The highest BCUT2D eigenvalue weighted by Crippen LogP contribution is 2.32. The molecule has 1 saturated carbocycles. The molecule has 86 valence electrons. The van der Waals surface area contributed by atoms with Crippen LogP contribution in [0.2, 0.25) is 0 Å². The van der Waals surface area contributed by atoms with Crippen molar-refractivity contribution >= 4 is 5.97 Å². The number of carboxylic acids is 1. The molecule has 1 heterocycles. The Morgan fingerprint density at radius 2 is 2.07 bits per heavy atom. The summed E-state index contributed by atoms with van der Waals surface area (Å²) < 4.78 is 0. The van der Waals surface area contributed by atoms with Gasteiger partial charge in [-0.2, -0.15) is 0 Å². The van der Waals surface area contributed by atoms with Crippen molar-refractivity contribution in [2.45, 2.75) is 45.1 Å². The Morgan fingerprint density at radius 1 is 1.27 bits per heavy atom. The summed E-state index contributed by atoms with van der Waals surface area (Å²) in [7, 11) is 0. The van der Waals surface area contributed by atoms with Crippen LogP contribution in [0.5, 0.6) is 0 Å². The Kier molecular flexibility index (Phi) is 3.29. The molecule has 0 amide bonds. The van der Waals surface area contributed by atoms with E-state index in [9.17, 15) is 4.79 Å². The van der Waals surface area contributed by atoms with Gasteiger partial charge in [0.15, 0.2) is 0 Å². The van der Waals surface area contributed by atoms with Crippen LogP contribution < -0.4 is 0 Å². The smallest absolute Gasteiger partial charge is 0.307 e. The SMILES string of the molecule is C[C@@H]1CCC[C@H]1N1CCCC(C(=O)O)C1. The predicted molar refractivity (Wildman–Crippen MR) is 58.7 cm³/mol. The highest BCUT2D eigenvalue weighted by Gasteiger charge is 2.34. The first kappa shape index (κ1) is 10.9.